The lowest BCUT2D eigenvalue weighted by molar-refractivity contribution is -0.120. The molecule has 0 spiro atoms. The van der Waals surface area contributed by atoms with Gasteiger partial charge in [-0.3, -0.25) is 0 Å². The first-order chi connectivity index (χ1) is 8.63. The molecule has 0 amide bonds. The Labute approximate surface area is 109 Å². The Balaban J connectivity index is 2.72. The Hall–Kier alpha value is -1.10. The van der Waals surface area contributed by atoms with E-state index in [0.29, 0.717) is 0 Å². The van der Waals surface area contributed by atoms with Crippen LogP contribution in [-0.2, 0) is 9.47 Å². The zero-order valence-electron chi connectivity index (χ0n) is 11.8. The third-order valence-electron chi connectivity index (χ3n) is 2.99. The molecule has 18 heavy (non-hydrogen) atoms. The molecular weight excluding hydrogens is 230 g/mol. The lowest BCUT2D eigenvalue weighted by Gasteiger charge is -2.26. The summed E-state index contributed by atoms with van der Waals surface area (Å²) in [4.78, 5) is 0. The van der Waals surface area contributed by atoms with Gasteiger partial charge in [-0.2, -0.15) is 0 Å². The minimum Gasteiger partial charge on any atom is -0.496 e. The fourth-order valence-electron chi connectivity index (χ4n) is 2.09. The van der Waals surface area contributed by atoms with Gasteiger partial charge in [-0.25, -0.2) is 0 Å². The fourth-order valence-corrected chi connectivity index (χ4v) is 2.09. The van der Waals surface area contributed by atoms with Crippen molar-refractivity contribution in [2.24, 2.45) is 0 Å². The lowest BCUT2D eigenvalue weighted by atomic mass is 10.1. The first-order valence-electron chi connectivity index (χ1n) is 6.08. The normalized spacial score (nSPS) is 14.6. The molecule has 1 rings (SSSR count). The van der Waals surface area contributed by atoms with Gasteiger partial charge in [0.15, 0.2) is 6.29 Å². The van der Waals surface area contributed by atoms with Gasteiger partial charge >= 0.3 is 0 Å². The van der Waals surface area contributed by atoms with Crippen molar-refractivity contribution in [1.82, 2.24) is 5.32 Å². The molecule has 1 N–H and O–H groups in total. The van der Waals surface area contributed by atoms with Crippen LogP contribution >= 0.6 is 0 Å². The van der Waals surface area contributed by atoms with Crippen molar-refractivity contribution in [3.63, 3.8) is 0 Å². The van der Waals surface area contributed by atoms with Crippen LogP contribution in [-0.4, -0.2) is 33.7 Å². The summed E-state index contributed by atoms with van der Waals surface area (Å²) in [6, 6.07) is 8.22. The number of benzene rings is 1. The Morgan fingerprint density at radius 3 is 2.17 bits per heavy atom. The predicted octanol–water partition coefficient (Wildman–Crippen LogP) is 2.35. The van der Waals surface area contributed by atoms with Crippen molar-refractivity contribution >= 4 is 0 Å². The molecule has 0 saturated carbocycles. The number of rotatable bonds is 7. The molecule has 0 radical (unpaired) electrons. The van der Waals surface area contributed by atoms with E-state index in [0.717, 1.165) is 11.3 Å². The van der Waals surface area contributed by atoms with Crippen LogP contribution < -0.4 is 10.1 Å². The van der Waals surface area contributed by atoms with E-state index < -0.39 is 0 Å². The Morgan fingerprint density at radius 1 is 1.00 bits per heavy atom. The van der Waals surface area contributed by atoms with E-state index in [-0.39, 0.29) is 18.4 Å². The van der Waals surface area contributed by atoms with Crippen LogP contribution in [0, 0.1) is 0 Å². The first kappa shape index (κ1) is 15.0. The van der Waals surface area contributed by atoms with Gasteiger partial charge in [0, 0.05) is 25.8 Å². The van der Waals surface area contributed by atoms with E-state index >= 15 is 0 Å². The summed E-state index contributed by atoms with van der Waals surface area (Å²) in [6.07, 6.45) is -0.262. The van der Waals surface area contributed by atoms with Crippen LogP contribution in [0.1, 0.15) is 25.5 Å². The fraction of sp³-hybridized carbons (Fsp3) is 0.571. The molecular formula is C14H23NO3. The molecule has 0 heterocycles. The summed E-state index contributed by atoms with van der Waals surface area (Å²) in [7, 11) is 4.96. The second-order valence-corrected chi connectivity index (χ2v) is 4.26. The van der Waals surface area contributed by atoms with Gasteiger partial charge in [-0.05, 0) is 19.9 Å². The monoisotopic (exact) mass is 253 g/mol. The number of methoxy groups -OCH3 is 3. The summed E-state index contributed by atoms with van der Waals surface area (Å²) in [5, 5.41) is 3.44. The van der Waals surface area contributed by atoms with E-state index in [1.54, 1.807) is 21.3 Å². The van der Waals surface area contributed by atoms with Crippen LogP contribution in [0.4, 0.5) is 0 Å². The third-order valence-corrected chi connectivity index (χ3v) is 2.99. The zero-order chi connectivity index (χ0) is 13.5. The number of hydrogen-bond acceptors (Lipinski definition) is 4. The molecule has 1 unspecified atom stereocenters. The topological polar surface area (TPSA) is 39.7 Å². The van der Waals surface area contributed by atoms with Crippen LogP contribution in [0.5, 0.6) is 5.75 Å². The highest BCUT2D eigenvalue weighted by Crippen LogP contribution is 2.24. The lowest BCUT2D eigenvalue weighted by Crippen LogP contribution is -2.40. The molecule has 1 aromatic carbocycles. The van der Waals surface area contributed by atoms with Crippen molar-refractivity contribution in [2.45, 2.75) is 32.2 Å². The highest BCUT2D eigenvalue weighted by Gasteiger charge is 2.19. The maximum Gasteiger partial charge on any atom is 0.171 e. The van der Waals surface area contributed by atoms with Gasteiger partial charge in [0.25, 0.3) is 0 Å². The van der Waals surface area contributed by atoms with E-state index in [1.807, 2.05) is 25.1 Å². The molecule has 4 nitrogen and oxygen atoms in total. The summed E-state index contributed by atoms with van der Waals surface area (Å²) in [6.45, 7) is 4.13. The van der Waals surface area contributed by atoms with E-state index in [1.165, 1.54) is 0 Å². The zero-order valence-corrected chi connectivity index (χ0v) is 11.8. The number of para-hydroxylation sites is 1. The van der Waals surface area contributed by atoms with Gasteiger partial charge in [-0.1, -0.05) is 18.2 Å². The van der Waals surface area contributed by atoms with Gasteiger partial charge in [0.1, 0.15) is 5.75 Å². The number of nitrogens with one attached hydrogen (secondary N) is 1. The van der Waals surface area contributed by atoms with Crippen molar-refractivity contribution in [3.05, 3.63) is 29.8 Å². The Kier molecular flexibility index (Phi) is 6.12. The molecule has 102 valence electrons. The van der Waals surface area contributed by atoms with Gasteiger partial charge in [-0.15, -0.1) is 0 Å². The summed E-state index contributed by atoms with van der Waals surface area (Å²) in [5.74, 6) is 0.885. The number of ether oxygens (including phenoxy) is 3. The highest BCUT2D eigenvalue weighted by atomic mass is 16.7. The minimum atomic E-state index is -0.262. The average molecular weight is 253 g/mol. The van der Waals surface area contributed by atoms with Crippen LogP contribution in [0.15, 0.2) is 24.3 Å². The summed E-state index contributed by atoms with van der Waals surface area (Å²) < 4.78 is 15.8. The van der Waals surface area contributed by atoms with Crippen LogP contribution in [0.3, 0.4) is 0 Å². The standard InChI is InChI=1S/C14H23NO3/c1-10(15-11(2)14(17-4)18-5)12-8-6-7-9-13(12)16-3/h6-11,14-15H,1-5H3/t10-,11?/m1/s1. The van der Waals surface area contributed by atoms with Gasteiger partial charge < -0.3 is 19.5 Å². The molecule has 4 heteroatoms. The SMILES string of the molecule is COc1ccccc1[C@@H](C)NC(C)C(OC)OC. The molecule has 0 aliphatic heterocycles. The smallest absolute Gasteiger partial charge is 0.171 e. The van der Waals surface area contributed by atoms with Crippen molar-refractivity contribution in [2.75, 3.05) is 21.3 Å². The van der Waals surface area contributed by atoms with E-state index in [2.05, 4.69) is 18.3 Å². The Morgan fingerprint density at radius 2 is 1.61 bits per heavy atom. The Bertz CT molecular complexity index is 353. The van der Waals surface area contributed by atoms with E-state index in [4.69, 9.17) is 14.2 Å². The van der Waals surface area contributed by atoms with E-state index in [9.17, 15) is 0 Å². The van der Waals surface area contributed by atoms with Crippen LogP contribution in [0.25, 0.3) is 0 Å². The maximum atomic E-state index is 5.36. The second kappa shape index (κ2) is 7.36. The molecule has 0 aliphatic rings. The molecule has 2 atom stereocenters. The third kappa shape index (κ3) is 3.70. The van der Waals surface area contributed by atoms with Crippen molar-refractivity contribution in [3.8, 4) is 5.75 Å². The van der Waals surface area contributed by atoms with Gasteiger partial charge in [0.2, 0.25) is 0 Å². The molecule has 1 aromatic rings. The summed E-state index contributed by atoms with van der Waals surface area (Å²) >= 11 is 0. The summed E-state index contributed by atoms with van der Waals surface area (Å²) in [5.41, 5.74) is 1.12. The molecule has 0 aromatic heterocycles. The maximum absolute atomic E-state index is 5.36. The molecule has 0 aliphatic carbocycles. The molecule has 0 bridgehead atoms. The van der Waals surface area contributed by atoms with Gasteiger partial charge in [0.05, 0.1) is 13.2 Å². The molecule has 0 fully saturated rings. The second-order valence-electron chi connectivity index (χ2n) is 4.26. The predicted molar refractivity (Wildman–Crippen MR) is 71.8 cm³/mol. The quantitative estimate of drug-likeness (QED) is 0.757. The molecule has 0 saturated heterocycles. The largest absolute Gasteiger partial charge is 0.496 e. The first-order valence-corrected chi connectivity index (χ1v) is 6.08. The minimum absolute atomic E-state index is 0.0833. The van der Waals surface area contributed by atoms with Crippen molar-refractivity contribution in [1.29, 1.82) is 0 Å². The van der Waals surface area contributed by atoms with Crippen LogP contribution in [0.2, 0.25) is 0 Å². The number of hydrogen-bond donors (Lipinski definition) is 1. The average Bonchev–Trinajstić information content (AvgIpc) is 2.40. The van der Waals surface area contributed by atoms with Crippen molar-refractivity contribution < 1.29 is 14.2 Å². The highest BCUT2D eigenvalue weighted by molar-refractivity contribution is 5.35.